The fraction of sp³-hybridized carbons (Fsp3) is 0.200. The van der Waals surface area contributed by atoms with Crippen LogP contribution in [0.25, 0.3) is 0 Å². The van der Waals surface area contributed by atoms with Crippen LogP contribution in [0.2, 0.25) is 0 Å². The number of rotatable bonds is 14. The van der Waals surface area contributed by atoms with Crippen molar-refractivity contribution in [1.29, 1.82) is 0 Å². The second-order valence-corrected chi connectivity index (χ2v) is 14.1. The minimum atomic E-state index is -4.57. The summed E-state index contributed by atoms with van der Waals surface area (Å²) in [6.07, 6.45) is 0. The van der Waals surface area contributed by atoms with E-state index in [0.29, 0.717) is 22.3 Å². The third-order valence-electron chi connectivity index (χ3n) is 6.01. The van der Waals surface area contributed by atoms with Gasteiger partial charge in [-0.25, -0.2) is 0 Å². The summed E-state index contributed by atoms with van der Waals surface area (Å²) < 4.78 is 52.1. The van der Waals surface area contributed by atoms with E-state index in [1.807, 2.05) is 72.8 Å². The summed E-state index contributed by atoms with van der Waals surface area (Å²) in [7, 11) is -9.15. The lowest BCUT2D eigenvalue weighted by atomic mass is 10.2. The minimum Gasteiger partial charge on any atom is -0.368 e. The van der Waals surface area contributed by atoms with Crippen molar-refractivity contribution in [2.24, 2.45) is 0 Å². The van der Waals surface area contributed by atoms with Crippen LogP contribution in [0.3, 0.4) is 0 Å². The van der Waals surface area contributed by atoms with Gasteiger partial charge in [0.15, 0.2) is 0 Å². The summed E-state index contributed by atoms with van der Waals surface area (Å²) in [5, 5.41) is 9.19. The summed E-state index contributed by atoms with van der Waals surface area (Å²) in [5.74, 6) is 0. The van der Waals surface area contributed by atoms with E-state index in [2.05, 4.69) is 0 Å². The first-order chi connectivity index (χ1) is 18.8. The van der Waals surface area contributed by atoms with Crippen LogP contribution < -0.4 is 0 Å². The zero-order valence-electron chi connectivity index (χ0n) is 21.7. The van der Waals surface area contributed by atoms with Crippen molar-refractivity contribution in [3.05, 3.63) is 144 Å². The molecule has 0 spiro atoms. The van der Waals surface area contributed by atoms with Gasteiger partial charge in [0.25, 0.3) is 5.08 Å². The van der Waals surface area contributed by atoms with E-state index in [4.69, 9.17) is 18.1 Å². The molecule has 0 atom stereocenters. The van der Waals surface area contributed by atoms with Crippen LogP contribution >= 0.6 is 15.2 Å². The largest absolute Gasteiger partial charge is 0.374 e. The van der Waals surface area contributed by atoms with Crippen molar-refractivity contribution >= 4 is 15.2 Å². The molecular formula is C30H32O7P2. The van der Waals surface area contributed by atoms with E-state index in [1.165, 1.54) is 0 Å². The van der Waals surface area contributed by atoms with Crippen LogP contribution in [-0.2, 0) is 53.7 Å². The smallest absolute Gasteiger partial charge is 0.368 e. The standard InChI is InChI=1S/C30H32O7P2/c1-30(31,38(32,34-22-26-14-6-2-7-15-26)35-23-27-16-8-3-9-17-27)39(33,36-24-28-18-10-4-11-19-28)37-25-29-20-12-5-13-21-29/h2-21,31H,22-25H2,1H3. The van der Waals surface area contributed by atoms with Gasteiger partial charge in [-0.3, -0.25) is 9.13 Å². The number of benzene rings is 4. The van der Waals surface area contributed by atoms with Gasteiger partial charge in [-0.1, -0.05) is 121 Å². The van der Waals surface area contributed by atoms with Gasteiger partial charge < -0.3 is 23.2 Å². The van der Waals surface area contributed by atoms with E-state index in [0.717, 1.165) is 6.92 Å². The predicted octanol–water partition coefficient (Wildman–Crippen LogP) is 7.91. The average Bonchev–Trinajstić information content (AvgIpc) is 2.99. The van der Waals surface area contributed by atoms with Crippen molar-refractivity contribution in [2.75, 3.05) is 0 Å². The molecule has 9 heteroatoms. The topological polar surface area (TPSA) is 91.3 Å². The van der Waals surface area contributed by atoms with E-state index < -0.39 is 20.3 Å². The lowest BCUT2D eigenvalue weighted by Gasteiger charge is -2.36. The Morgan fingerprint density at radius 3 is 0.897 bits per heavy atom. The Balaban J connectivity index is 1.66. The van der Waals surface area contributed by atoms with Crippen LogP contribution in [0.15, 0.2) is 121 Å². The van der Waals surface area contributed by atoms with Gasteiger partial charge in [0.2, 0.25) is 0 Å². The average molecular weight is 567 g/mol. The maximum atomic E-state index is 14.4. The normalized spacial score (nSPS) is 12.4. The van der Waals surface area contributed by atoms with Gasteiger partial charge in [-0.05, 0) is 29.2 Å². The Labute approximate surface area is 229 Å². The number of hydrogen-bond donors (Lipinski definition) is 1. The molecule has 39 heavy (non-hydrogen) atoms. The SMILES string of the molecule is CC(O)(P(=O)(OCc1ccccc1)OCc1ccccc1)P(=O)(OCc1ccccc1)OCc1ccccc1. The lowest BCUT2D eigenvalue weighted by molar-refractivity contribution is 0.0784. The highest BCUT2D eigenvalue weighted by atomic mass is 31.2. The monoisotopic (exact) mass is 566 g/mol. The van der Waals surface area contributed by atoms with Crippen LogP contribution in [0.1, 0.15) is 29.2 Å². The summed E-state index contributed by atoms with van der Waals surface area (Å²) in [6.45, 7) is 0.516. The molecule has 0 radical (unpaired) electrons. The molecule has 0 aromatic heterocycles. The van der Waals surface area contributed by atoms with E-state index in [9.17, 15) is 14.2 Å². The maximum Gasteiger partial charge on any atom is 0.374 e. The van der Waals surface area contributed by atoms with Crippen molar-refractivity contribution in [3.63, 3.8) is 0 Å². The maximum absolute atomic E-state index is 14.4. The molecular weight excluding hydrogens is 534 g/mol. The zero-order chi connectivity index (χ0) is 27.6. The Morgan fingerprint density at radius 1 is 0.487 bits per heavy atom. The Bertz CT molecular complexity index is 1180. The quantitative estimate of drug-likeness (QED) is 0.155. The van der Waals surface area contributed by atoms with Crippen LogP contribution in [-0.4, -0.2) is 10.2 Å². The first kappa shape index (κ1) is 29.1. The molecule has 0 aliphatic rings. The summed E-state index contributed by atoms with van der Waals surface area (Å²) >= 11 is 0. The highest BCUT2D eigenvalue weighted by Crippen LogP contribution is 2.77. The van der Waals surface area contributed by atoms with Crippen molar-refractivity contribution in [2.45, 2.75) is 38.4 Å². The van der Waals surface area contributed by atoms with Crippen LogP contribution in [0, 0.1) is 0 Å². The molecule has 0 amide bonds. The van der Waals surface area contributed by atoms with Gasteiger partial charge in [0.1, 0.15) is 0 Å². The first-order valence-electron chi connectivity index (χ1n) is 12.5. The first-order valence-corrected chi connectivity index (χ1v) is 15.6. The van der Waals surface area contributed by atoms with Gasteiger partial charge in [-0.2, -0.15) is 0 Å². The zero-order valence-corrected chi connectivity index (χ0v) is 23.5. The summed E-state index contributed by atoms with van der Waals surface area (Å²) in [4.78, 5) is 0. The second kappa shape index (κ2) is 13.5. The molecule has 4 aromatic rings. The molecule has 1 N–H and O–H groups in total. The number of hydrogen-bond acceptors (Lipinski definition) is 7. The van der Waals surface area contributed by atoms with E-state index in [1.54, 1.807) is 48.5 Å². The minimum absolute atomic E-state index is 0.152. The van der Waals surface area contributed by atoms with Crippen molar-refractivity contribution in [3.8, 4) is 0 Å². The Kier molecular flexibility index (Phi) is 10.1. The van der Waals surface area contributed by atoms with E-state index in [-0.39, 0.29) is 26.4 Å². The lowest BCUT2D eigenvalue weighted by Crippen LogP contribution is -2.29. The molecule has 0 aliphatic heterocycles. The van der Waals surface area contributed by atoms with E-state index >= 15 is 0 Å². The molecule has 0 fully saturated rings. The highest BCUT2D eigenvalue weighted by Gasteiger charge is 2.62. The Morgan fingerprint density at radius 2 is 0.692 bits per heavy atom. The van der Waals surface area contributed by atoms with Crippen LogP contribution in [0.5, 0.6) is 0 Å². The molecule has 4 rings (SSSR count). The van der Waals surface area contributed by atoms with Gasteiger partial charge >= 0.3 is 15.2 Å². The van der Waals surface area contributed by atoms with Crippen molar-refractivity contribution in [1.82, 2.24) is 0 Å². The molecule has 0 saturated heterocycles. The Hall–Kier alpha value is -2.86. The third-order valence-corrected chi connectivity index (χ3v) is 11.4. The second-order valence-electron chi connectivity index (χ2n) is 9.00. The fourth-order valence-electron chi connectivity index (χ4n) is 3.65. The third kappa shape index (κ3) is 7.63. The molecule has 4 aromatic carbocycles. The summed E-state index contributed by atoms with van der Waals surface area (Å²) in [6, 6.07) is 36.1. The van der Waals surface area contributed by atoms with Crippen molar-refractivity contribution < 1.29 is 32.3 Å². The van der Waals surface area contributed by atoms with Crippen LogP contribution in [0.4, 0.5) is 0 Å². The molecule has 0 bridgehead atoms. The molecule has 7 nitrogen and oxygen atoms in total. The van der Waals surface area contributed by atoms with Gasteiger partial charge in [0, 0.05) is 0 Å². The molecule has 204 valence electrons. The molecule has 0 saturated carbocycles. The molecule has 0 aliphatic carbocycles. The predicted molar refractivity (Wildman–Crippen MR) is 151 cm³/mol. The highest BCUT2D eigenvalue weighted by molar-refractivity contribution is 7.73. The number of aliphatic hydroxyl groups is 1. The van der Waals surface area contributed by atoms with Gasteiger partial charge in [-0.15, -0.1) is 0 Å². The summed E-state index contributed by atoms with van der Waals surface area (Å²) in [5.41, 5.74) is 2.79. The molecule has 0 unspecified atom stereocenters. The fourth-order valence-corrected chi connectivity index (χ4v) is 7.94. The molecule has 0 heterocycles. The van der Waals surface area contributed by atoms with Gasteiger partial charge in [0.05, 0.1) is 26.4 Å².